The van der Waals surface area contributed by atoms with E-state index in [-0.39, 0.29) is 5.91 Å². The monoisotopic (exact) mass is 270 g/mol. The van der Waals surface area contributed by atoms with Gasteiger partial charge in [0.1, 0.15) is 0 Å². The highest BCUT2D eigenvalue weighted by Crippen LogP contribution is 2.19. The second-order valence-electron chi connectivity index (χ2n) is 4.31. The molecule has 0 atom stereocenters. The Balaban J connectivity index is 1.94. The first-order valence-corrected chi connectivity index (χ1v) is 6.69. The van der Waals surface area contributed by atoms with Crippen molar-refractivity contribution in [3.05, 3.63) is 51.7 Å². The molecule has 94 valence electrons. The molecule has 0 bridgehead atoms. The molecule has 1 aromatic carbocycles. The van der Waals surface area contributed by atoms with Gasteiger partial charge in [0, 0.05) is 4.88 Å². The molecule has 0 saturated carbocycles. The lowest BCUT2D eigenvalue weighted by molar-refractivity contribution is 0.0850. The van der Waals surface area contributed by atoms with Crippen molar-refractivity contribution in [2.75, 3.05) is 0 Å². The predicted octanol–water partition coefficient (Wildman–Crippen LogP) is 1.23. The maximum Gasteiger partial charge on any atom is 0.474 e. The van der Waals surface area contributed by atoms with Crippen LogP contribution in [-0.2, 0) is 0 Å². The molecule has 3 rings (SSSR count). The van der Waals surface area contributed by atoms with E-state index in [0.29, 0.717) is 10.3 Å². The summed E-state index contributed by atoms with van der Waals surface area (Å²) in [4.78, 5) is 15.0. The number of nitrogens with zero attached hydrogens (tertiary/aromatic N) is 2. The van der Waals surface area contributed by atoms with Crippen LogP contribution in [0.25, 0.3) is 0 Å². The molecule has 6 heteroatoms. The van der Waals surface area contributed by atoms with Crippen molar-refractivity contribution in [1.82, 2.24) is 4.92 Å². The lowest BCUT2D eigenvalue weighted by atomic mass is 9.70. The molecule has 0 radical (unpaired) electrons. The fourth-order valence-corrected chi connectivity index (χ4v) is 2.81. The number of aryl methyl sites for hydroxylation is 1. The summed E-state index contributed by atoms with van der Waals surface area (Å²) >= 11 is 1.40. The van der Waals surface area contributed by atoms with E-state index in [1.165, 1.54) is 11.3 Å². The van der Waals surface area contributed by atoms with Crippen molar-refractivity contribution in [1.29, 1.82) is 0 Å². The lowest BCUT2D eigenvalue weighted by Crippen LogP contribution is -2.52. The fraction of sp³-hybridized carbons (Fsp3) is 0.0769. The Morgan fingerprint density at radius 1 is 1.32 bits per heavy atom. The Hall–Kier alpha value is -1.92. The summed E-state index contributed by atoms with van der Waals surface area (Å²) in [5, 5.41) is 14.3. The van der Waals surface area contributed by atoms with Crippen LogP contribution in [0.5, 0.6) is 0 Å². The van der Waals surface area contributed by atoms with Crippen LogP contribution in [0.15, 0.2) is 41.5 Å². The van der Waals surface area contributed by atoms with Crippen LogP contribution in [0.4, 0.5) is 0 Å². The van der Waals surface area contributed by atoms with Gasteiger partial charge in [0.05, 0.1) is 11.1 Å². The highest BCUT2D eigenvalue weighted by Gasteiger charge is 2.34. The number of hydrogen-bond acceptors (Lipinski definition) is 4. The Bertz CT molecular complexity index is 668. The van der Waals surface area contributed by atoms with E-state index >= 15 is 0 Å². The average molecular weight is 270 g/mol. The third-order valence-electron chi connectivity index (χ3n) is 2.99. The van der Waals surface area contributed by atoms with Crippen molar-refractivity contribution in [3.8, 4) is 0 Å². The number of hydrogen-bond donors (Lipinski definition) is 1. The van der Waals surface area contributed by atoms with Crippen molar-refractivity contribution in [2.24, 2.45) is 5.10 Å². The minimum absolute atomic E-state index is 0.281. The van der Waals surface area contributed by atoms with E-state index in [1.54, 1.807) is 18.3 Å². The molecule has 0 spiro atoms. The highest BCUT2D eigenvalue weighted by atomic mass is 32.1. The Kier molecular flexibility index (Phi) is 2.96. The molecule has 4 nitrogen and oxygen atoms in total. The van der Waals surface area contributed by atoms with E-state index in [0.717, 1.165) is 15.4 Å². The molecule has 1 aliphatic rings. The van der Waals surface area contributed by atoms with Crippen LogP contribution in [0.2, 0.25) is 0 Å². The zero-order valence-corrected chi connectivity index (χ0v) is 11.1. The van der Waals surface area contributed by atoms with Crippen molar-refractivity contribution in [2.45, 2.75) is 6.92 Å². The summed E-state index contributed by atoms with van der Waals surface area (Å²) in [5.74, 6) is -0.281. The number of thiophene rings is 1. The van der Waals surface area contributed by atoms with Gasteiger partial charge in [-0.25, -0.2) is 4.92 Å². The topological polar surface area (TPSA) is 52.9 Å². The number of benzene rings is 1. The van der Waals surface area contributed by atoms with Gasteiger partial charge < -0.3 is 5.02 Å². The number of rotatable bonds is 1. The molecule has 1 N–H and O–H groups in total. The van der Waals surface area contributed by atoms with E-state index in [1.807, 2.05) is 31.2 Å². The molecule has 0 saturated heterocycles. The van der Waals surface area contributed by atoms with Crippen LogP contribution in [0, 0.1) is 6.92 Å². The summed E-state index contributed by atoms with van der Waals surface area (Å²) in [5.41, 5.74) is 1.53. The normalized spacial score (nSPS) is 13.6. The summed E-state index contributed by atoms with van der Waals surface area (Å²) in [6, 6.07) is 11.0. The minimum Gasteiger partial charge on any atom is -0.427 e. The molecule has 0 fully saturated rings. The summed E-state index contributed by atoms with van der Waals surface area (Å²) in [6.45, 7) is 1.94. The molecule has 1 aromatic heterocycles. The number of fused-ring (bicyclic) bond motifs is 1. The second-order valence-corrected chi connectivity index (χ2v) is 5.60. The van der Waals surface area contributed by atoms with Crippen LogP contribution >= 0.6 is 11.3 Å². The SMILES string of the molecule is Cc1ccc(C(=O)N2N=Cc3ccccc3B2O)s1. The van der Waals surface area contributed by atoms with Crippen LogP contribution in [0.1, 0.15) is 20.1 Å². The van der Waals surface area contributed by atoms with Gasteiger partial charge in [-0.1, -0.05) is 24.3 Å². The molecule has 1 aliphatic heterocycles. The molecule has 2 heterocycles. The molecular weight excluding hydrogens is 259 g/mol. The van der Waals surface area contributed by atoms with Crippen LogP contribution < -0.4 is 5.46 Å². The van der Waals surface area contributed by atoms with Gasteiger partial charge >= 0.3 is 7.05 Å². The van der Waals surface area contributed by atoms with Crippen LogP contribution in [0.3, 0.4) is 0 Å². The van der Waals surface area contributed by atoms with Crippen molar-refractivity contribution < 1.29 is 9.82 Å². The number of amides is 1. The zero-order chi connectivity index (χ0) is 13.4. The number of carbonyl (C=O) groups is 1. The molecular formula is C13H11BN2O2S. The molecule has 0 unspecified atom stereocenters. The zero-order valence-electron chi connectivity index (χ0n) is 10.3. The van der Waals surface area contributed by atoms with Crippen LogP contribution in [-0.4, -0.2) is 29.1 Å². The summed E-state index contributed by atoms with van der Waals surface area (Å²) in [7, 11) is -1.03. The van der Waals surface area contributed by atoms with Gasteiger partial charge in [-0.05, 0) is 30.1 Å². The van der Waals surface area contributed by atoms with E-state index in [2.05, 4.69) is 5.10 Å². The van der Waals surface area contributed by atoms with Crippen molar-refractivity contribution in [3.63, 3.8) is 0 Å². The van der Waals surface area contributed by atoms with Gasteiger partial charge in [-0.3, -0.25) is 4.79 Å². The first-order chi connectivity index (χ1) is 9.16. The van der Waals surface area contributed by atoms with Gasteiger partial charge in [0.2, 0.25) is 0 Å². The van der Waals surface area contributed by atoms with E-state index < -0.39 is 7.05 Å². The predicted molar refractivity (Wildman–Crippen MR) is 76.9 cm³/mol. The Labute approximate surface area is 115 Å². The van der Waals surface area contributed by atoms with E-state index in [9.17, 15) is 9.82 Å². The molecule has 0 aliphatic carbocycles. The lowest BCUT2D eigenvalue weighted by Gasteiger charge is -2.24. The van der Waals surface area contributed by atoms with Crippen molar-refractivity contribution >= 4 is 36.0 Å². The maximum absolute atomic E-state index is 12.3. The standard InChI is InChI=1S/C13H11BN2O2S/c1-9-6-7-12(19-9)13(17)16-14(18)11-5-3-2-4-10(11)8-15-16/h2-8,18H,1H3. The second kappa shape index (κ2) is 4.64. The average Bonchev–Trinajstić information content (AvgIpc) is 2.85. The van der Waals surface area contributed by atoms with E-state index in [4.69, 9.17) is 0 Å². The van der Waals surface area contributed by atoms with Gasteiger partial charge in [0.15, 0.2) is 0 Å². The Morgan fingerprint density at radius 2 is 2.11 bits per heavy atom. The maximum atomic E-state index is 12.3. The quantitative estimate of drug-likeness (QED) is 0.792. The smallest absolute Gasteiger partial charge is 0.427 e. The minimum atomic E-state index is -1.03. The van der Waals surface area contributed by atoms with Gasteiger partial charge in [-0.2, -0.15) is 5.10 Å². The Morgan fingerprint density at radius 3 is 2.84 bits per heavy atom. The summed E-state index contributed by atoms with van der Waals surface area (Å²) < 4.78 is 0. The summed E-state index contributed by atoms with van der Waals surface area (Å²) in [6.07, 6.45) is 1.60. The third kappa shape index (κ3) is 2.09. The van der Waals surface area contributed by atoms with Gasteiger partial charge in [0.25, 0.3) is 5.91 Å². The third-order valence-corrected chi connectivity index (χ3v) is 3.97. The highest BCUT2D eigenvalue weighted by molar-refractivity contribution is 7.14. The fourth-order valence-electron chi connectivity index (χ4n) is 2.01. The first kappa shape index (κ1) is 12.1. The molecule has 1 amide bonds. The molecule has 19 heavy (non-hydrogen) atoms. The number of carbonyl (C=O) groups excluding carboxylic acids is 1. The van der Waals surface area contributed by atoms with Gasteiger partial charge in [-0.15, -0.1) is 11.3 Å². The number of hydrazone groups is 1. The first-order valence-electron chi connectivity index (χ1n) is 5.88. The molecule has 2 aromatic rings. The largest absolute Gasteiger partial charge is 0.474 e.